The van der Waals surface area contributed by atoms with Crippen molar-refractivity contribution in [2.24, 2.45) is 0 Å². The maximum absolute atomic E-state index is 6.24. The van der Waals surface area contributed by atoms with Crippen LogP contribution >= 0.6 is 84.6 Å². The van der Waals surface area contributed by atoms with E-state index in [2.05, 4.69) is 98.2 Å². The molecule has 7 rings (SSSR count). The molecule has 0 aliphatic rings. The van der Waals surface area contributed by atoms with E-state index in [9.17, 15) is 0 Å². The first-order chi connectivity index (χ1) is 21.1. The Balaban J connectivity index is 1.42. The van der Waals surface area contributed by atoms with E-state index in [1.807, 2.05) is 6.07 Å². The van der Waals surface area contributed by atoms with Crippen molar-refractivity contribution in [1.29, 1.82) is 0 Å². The lowest BCUT2D eigenvalue weighted by Gasteiger charge is -2.25. The molecule has 1 atom stereocenters. The van der Waals surface area contributed by atoms with E-state index in [0.717, 1.165) is 63.6 Å². The molecule has 3 aromatic carbocycles. The van der Waals surface area contributed by atoms with Gasteiger partial charge in [0.15, 0.2) is 0 Å². The second-order valence-electron chi connectivity index (χ2n) is 10.9. The third-order valence-electron chi connectivity index (χ3n) is 7.92. The maximum Gasteiger partial charge on any atom is 0.0957 e. The number of thiophene rings is 1. The minimum atomic E-state index is 0.191. The van der Waals surface area contributed by atoms with E-state index in [1.54, 1.807) is 57.1 Å². The fraction of sp³-hybridized carbons (Fsp3) is 0.242. The molecule has 11 heteroatoms. The van der Waals surface area contributed by atoms with Crippen LogP contribution in [0.15, 0.2) is 51.8 Å². The Morgan fingerprint density at radius 1 is 0.818 bits per heavy atom. The number of hydrogen-bond acceptors (Lipinski definition) is 9. The predicted molar refractivity (Wildman–Crippen MR) is 200 cm³/mol. The summed E-state index contributed by atoms with van der Waals surface area (Å²) in [6.07, 6.45) is 2.11. The first-order valence-electron chi connectivity index (χ1n) is 14.0. The number of rotatable bonds is 7. The topological polar surface area (TPSA) is 41.9 Å². The number of aryl methyl sites for hydroxylation is 3. The van der Waals surface area contributed by atoms with Crippen LogP contribution in [0.1, 0.15) is 38.4 Å². The average Bonchev–Trinajstić information content (AvgIpc) is 3.76. The van der Waals surface area contributed by atoms with E-state index < -0.39 is 0 Å². The van der Waals surface area contributed by atoms with E-state index in [1.165, 1.54) is 35.0 Å². The van der Waals surface area contributed by atoms with E-state index >= 15 is 0 Å². The monoisotopic (exact) mass is 754 g/mol. The zero-order valence-corrected chi connectivity index (χ0v) is 31.3. The molecule has 0 fully saturated rings. The van der Waals surface area contributed by atoms with Gasteiger partial charge in [0, 0.05) is 49.1 Å². The van der Waals surface area contributed by atoms with Gasteiger partial charge in [0.25, 0.3) is 0 Å². The number of nitrogens with zero attached hydrogens (tertiary/aromatic N) is 4. The number of thioether (sulfide) groups is 1. The van der Waals surface area contributed by atoms with Crippen molar-refractivity contribution in [3.05, 3.63) is 76.7 Å². The molecule has 4 heterocycles. The van der Waals surface area contributed by atoms with Crippen molar-refractivity contribution in [3.63, 3.8) is 0 Å². The molecule has 0 saturated carbocycles. The summed E-state index contributed by atoms with van der Waals surface area (Å²) in [5.74, 6) is 0. The van der Waals surface area contributed by atoms with Crippen molar-refractivity contribution >= 4 is 115 Å². The minimum absolute atomic E-state index is 0.191. The fourth-order valence-electron chi connectivity index (χ4n) is 5.75. The van der Waals surface area contributed by atoms with Gasteiger partial charge in [0.05, 0.1) is 50.0 Å². The van der Waals surface area contributed by atoms with Crippen LogP contribution in [0.2, 0.25) is 4.34 Å². The van der Waals surface area contributed by atoms with Crippen LogP contribution in [0.4, 0.5) is 0 Å². The van der Waals surface area contributed by atoms with Crippen LogP contribution in [0.25, 0.3) is 52.9 Å². The molecule has 1 unspecified atom stereocenters. The summed E-state index contributed by atoms with van der Waals surface area (Å²) in [7, 11) is 2.18. The Kier molecular flexibility index (Phi) is 8.42. The summed E-state index contributed by atoms with van der Waals surface area (Å²) in [5.41, 5.74) is 9.02. The number of thiazole rings is 3. The number of benzene rings is 3. The second kappa shape index (κ2) is 12.0. The lowest BCUT2D eigenvalue weighted by atomic mass is 9.95. The van der Waals surface area contributed by atoms with E-state index in [0.29, 0.717) is 0 Å². The van der Waals surface area contributed by atoms with Crippen LogP contribution in [0, 0.1) is 20.8 Å². The predicted octanol–water partition coefficient (Wildman–Crippen LogP) is 12.2. The van der Waals surface area contributed by atoms with Gasteiger partial charge >= 0.3 is 0 Å². The standard InChI is InChI=1S/C33H28BrClN4S5/c1-15(39(5)14-20-7-10-27(35)44-20)19-11-23(29-26(12-19)41-16(2)36-29)28-24(34)13-22(30-33(28)43-17(3)37-30)21-8-9-25(40-6)31-32(21)42-18(4)38-31/h7-13,15H,14H2,1-6H3. The molecule has 224 valence electrons. The lowest BCUT2D eigenvalue weighted by molar-refractivity contribution is 0.255. The van der Waals surface area contributed by atoms with E-state index in [4.69, 9.17) is 26.6 Å². The second-order valence-corrected chi connectivity index (χ2v) is 18.0. The average molecular weight is 756 g/mol. The quantitative estimate of drug-likeness (QED) is 0.152. The highest BCUT2D eigenvalue weighted by Crippen LogP contribution is 2.48. The highest BCUT2D eigenvalue weighted by Gasteiger charge is 2.24. The molecule has 7 aromatic rings. The van der Waals surface area contributed by atoms with Gasteiger partial charge in [-0.1, -0.05) is 33.6 Å². The smallest absolute Gasteiger partial charge is 0.0957 e. The van der Waals surface area contributed by atoms with Crippen molar-refractivity contribution in [1.82, 2.24) is 19.9 Å². The van der Waals surface area contributed by atoms with Crippen molar-refractivity contribution < 1.29 is 0 Å². The first kappa shape index (κ1) is 30.7. The normalized spacial score (nSPS) is 12.8. The van der Waals surface area contributed by atoms with Crippen LogP contribution in [0.5, 0.6) is 0 Å². The zero-order chi connectivity index (χ0) is 30.9. The number of fused-ring (bicyclic) bond motifs is 3. The summed E-state index contributed by atoms with van der Waals surface area (Å²) in [6, 6.07) is 15.6. The molecule has 0 aliphatic carbocycles. The summed E-state index contributed by atoms with van der Waals surface area (Å²) >= 11 is 18.9. The van der Waals surface area contributed by atoms with Crippen LogP contribution in [0.3, 0.4) is 0 Å². The van der Waals surface area contributed by atoms with Gasteiger partial charge in [-0.3, -0.25) is 4.90 Å². The molecular weight excluding hydrogens is 728 g/mol. The summed E-state index contributed by atoms with van der Waals surface area (Å²) in [5, 5.41) is 3.18. The molecule has 0 radical (unpaired) electrons. The molecule has 4 nitrogen and oxygen atoms in total. The maximum atomic E-state index is 6.24. The third-order valence-corrected chi connectivity index (χ3v) is 13.4. The van der Waals surface area contributed by atoms with Crippen molar-refractivity contribution in [2.75, 3.05) is 13.3 Å². The molecule has 0 N–H and O–H groups in total. The number of halogens is 2. The van der Waals surface area contributed by atoms with Crippen LogP contribution in [-0.4, -0.2) is 33.2 Å². The molecule has 0 spiro atoms. The number of aromatic nitrogens is 3. The van der Waals surface area contributed by atoms with Gasteiger partial charge in [-0.05, 0) is 83.0 Å². The molecule has 0 amide bonds. The summed E-state index contributed by atoms with van der Waals surface area (Å²) < 4.78 is 5.46. The van der Waals surface area contributed by atoms with Crippen LogP contribution < -0.4 is 0 Å². The molecule has 0 bridgehead atoms. The number of hydrogen-bond donors (Lipinski definition) is 0. The fourth-order valence-corrected chi connectivity index (χ4v) is 11.2. The van der Waals surface area contributed by atoms with Crippen LogP contribution in [-0.2, 0) is 6.54 Å². The van der Waals surface area contributed by atoms with Gasteiger partial charge in [-0.2, -0.15) is 0 Å². The van der Waals surface area contributed by atoms with Gasteiger partial charge in [0.2, 0.25) is 0 Å². The highest BCUT2D eigenvalue weighted by molar-refractivity contribution is 9.10. The Bertz CT molecular complexity index is 2210. The first-order valence-corrected chi connectivity index (χ1v) is 19.7. The molecule has 0 saturated heterocycles. The third kappa shape index (κ3) is 5.45. The van der Waals surface area contributed by atoms with Gasteiger partial charge in [-0.25, -0.2) is 15.0 Å². The Hall–Kier alpha value is -1.89. The Labute approximate surface area is 290 Å². The van der Waals surface area contributed by atoms with Crippen molar-refractivity contribution in [2.45, 2.75) is 45.2 Å². The lowest BCUT2D eigenvalue weighted by Crippen LogP contribution is -2.21. The Morgan fingerprint density at radius 2 is 1.52 bits per heavy atom. The SMILES string of the molecule is CSc1ccc(-c2cc(Br)c(-c3cc(C(C)N(C)Cc4ccc(Cl)s4)cc4sc(C)nc34)c3sc(C)nc23)c2sc(C)nc12. The Morgan fingerprint density at radius 3 is 2.25 bits per heavy atom. The zero-order valence-electron chi connectivity index (χ0n) is 24.9. The summed E-state index contributed by atoms with van der Waals surface area (Å²) in [4.78, 5) is 19.9. The molecule has 4 aromatic heterocycles. The molecule has 44 heavy (non-hydrogen) atoms. The molecule has 0 aliphatic heterocycles. The van der Waals surface area contributed by atoms with E-state index in [-0.39, 0.29) is 6.04 Å². The largest absolute Gasteiger partial charge is 0.295 e. The van der Waals surface area contributed by atoms with Gasteiger partial charge in [-0.15, -0.1) is 57.1 Å². The van der Waals surface area contributed by atoms with Crippen molar-refractivity contribution in [3.8, 4) is 22.3 Å². The molecular formula is C33H28BrClN4S5. The minimum Gasteiger partial charge on any atom is -0.295 e. The van der Waals surface area contributed by atoms with Gasteiger partial charge < -0.3 is 0 Å². The highest BCUT2D eigenvalue weighted by atomic mass is 79.9. The summed E-state index contributed by atoms with van der Waals surface area (Å²) in [6.45, 7) is 9.39. The van der Waals surface area contributed by atoms with Gasteiger partial charge in [0.1, 0.15) is 0 Å².